The molecular weight excluding hydrogens is 398 g/mol. The number of fused-ring (bicyclic) bond motifs is 1. The molecule has 0 unspecified atom stereocenters. The molecule has 0 saturated heterocycles. The van der Waals surface area contributed by atoms with Crippen LogP contribution in [0.3, 0.4) is 0 Å². The maximum atomic E-state index is 12.5. The number of rotatable bonds is 5. The molecule has 0 bridgehead atoms. The summed E-state index contributed by atoms with van der Waals surface area (Å²) in [6.45, 7) is 7.74. The van der Waals surface area contributed by atoms with Crippen molar-refractivity contribution < 1.29 is 4.79 Å². The van der Waals surface area contributed by atoms with Gasteiger partial charge in [0.05, 0.1) is 5.75 Å². The Kier molecular flexibility index (Phi) is 5.69. The Labute approximate surface area is 170 Å². The van der Waals surface area contributed by atoms with E-state index in [1.165, 1.54) is 28.7 Å². The fourth-order valence-corrected chi connectivity index (χ4v) is 4.71. The summed E-state index contributed by atoms with van der Waals surface area (Å²) in [6, 6.07) is 8.07. The van der Waals surface area contributed by atoms with Gasteiger partial charge in [0.1, 0.15) is 10.5 Å². The van der Waals surface area contributed by atoms with E-state index in [1.807, 2.05) is 49.6 Å². The van der Waals surface area contributed by atoms with Crippen LogP contribution in [0.2, 0.25) is 0 Å². The van der Waals surface area contributed by atoms with Gasteiger partial charge in [-0.05, 0) is 36.3 Å². The van der Waals surface area contributed by atoms with Crippen LogP contribution in [-0.4, -0.2) is 26.1 Å². The average Bonchev–Trinajstić information content (AvgIpc) is 2.95. The zero-order valence-corrected chi connectivity index (χ0v) is 18.1. The summed E-state index contributed by atoms with van der Waals surface area (Å²) in [7, 11) is 0. The lowest BCUT2D eigenvalue weighted by Crippen LogP contribution is -2.22. The summed E-state index contributed by atoms with van der Waals surface area (Å²) in [4.78, 5) is 32.0. The second-order valence-electron chi connectivity index (χ2n) is 7.21. The highest BCUT2D eigenvalue weighted by Crippen LogP contribution is 2.26. The Morgan fingerprint density at radius 2 is 1.96 bits per heavy atom. The predicted octanol–water partition coefficient (Wildman–Crippen LogP) is 4.77. The van der Waals surface area contributed by atoms with Gasteiger partial charge >= 0.3 is 0 Å². The molecule has 3 rings (SSSR count). The van der Waals surface area contributed by atoms with Gasteiger partial charge in [-0.3, -0.25) is 14.2 Å². The highest BCUT2D eigenvalue weighted by Gasteiger charge is 2.22. The Morgan fingerprint density at radius 1 is 1.30 bits per heavy atom. The quantitative estimate of drug-likeness (QED) is 0.366. The first-order valence-corrected chi connectivity index (χ1v) is 10.8. The number of hydrogen-bond donors (Lipinski definition) is 1. The number of nitrogens with zero attached hydrogens (tertiary/aromatic N) is 2. The zero-order chi connectivity index (χ0) is 19.8. The standard InChI is InChI=1S/C19H21N3O2S3/c1-5-11-6-8-12(9-7-11)22-15-14(27-18(22)25)16(24)21-17(20-15)26-10-13(23)19(2,3)4/h6-9H,5,10H2,1-4H3,(H,20,21,24). The van der Waals surface area contributed by atoms with E-state index in [9.17, 15) is 9.59 Å². The van der Waals surface area contributed by atoms with Crippen molar-refractivity contribution in [2.45, 2.75) is 39.3 Å². The first kappa shape index (κ1) is 20.0. The van der Waals surface area contributed by atoms with Crippen molar-refractivity contribution in [3.8, 4) is 5.69 Å². The van der Waals surface area contributed by atoms with E-state index in [0.29, 0.717) is 19.5 Å². The Morgan fingerprint density at radius 3 is 2.56 bits per heavy atom. The number of hydrogen-bond acceptors (Lipinski definition) is 6. The van der Waals surface area contributed by atoms with E-state index in [0.717, 1.165) is 12.1 Å². The number of benzene rings is 1. The number of thiazole rings is 1. The van der Waals surface area contributed by atoms with Crippen molar-refractivity contribution in [1.82, 2.24) is 14.5 Å². The molecule has 0 spiro atoms. The summed E-state index contributed by atoms with van der Waals surface area (Å²) in [5.41, 5.74) is 1.99. The van der Waals surface area contributed by atoms with Crippen LogP contribution in [0.15, 0.2) is 34.2 Å². The molecule has 0 saturated carbocycles. The molecule has 2 aromatic heterocycles. The normalized spacial score (nSPS) is 11.9. The van der Waals surface area contributed by atoms with Crippen LogP contribution >= 0.6 is 35.3 Å². The van der Waals surface area contributed by atoms with E-state index in [2.05, 4.69) is 16.9 Å². The van der Waals surface area contributed by atoms with E-state index in [-0.39, 0.29) is 17.1 Å². The number of H-pyrrole nitrogens is 1. The highest BCUT2D eigenvalue weighted by atomic mass is 32.2. The number of carbonyl (C=O) groups excluding carboxylic acids is 1. The third-order valence-electron chi connectivity index (χ3n) is 4.20. The van der Waals surface area contributed by atoms with Gasteiger partial charge in [-0.15, -0.1) is 0 Å². The molecule has 3 aromatic rings. The molecule has 2 heterocycles. The smallest absolute Gasteiger partial charge is 0.271 e. The minimum absolute atomic E-state index is 0.104. The number of thioether (sulfide) groups is 1. The third kappa shape index (κ3) is 4.23. The van der Waals surface area contributed by atoms with Crippen LogP contribution < -0.4 is 5.56 Å². The van der Waals surface area contributed by atoms with Crippen molar-refractivity contribution >= 4 is 51.4 Å². The van der Waals surface area contributed by atoms with E-state index in [1.54, 1.807) is 0 Å². The molecule has 1 aromatic carbocycles. The molecule has 0 atom stereocenters. The van der Waals surface area contributed by atoms with Crippen LogP contribution in [0.25, 0.3) is 16.0 Å². The number of aryl methyl sites for hydroxylation is 1. The summed E-state index contributed by atoms with van der Waals surface area (Å²) in [6.07, 6.45) is 0.955. The first-order chi connectivity index (χ1) is 12.7. The van der Waals surface area contributed by atoms with Crippen LogP contribution in [0.5, 0.6) is 0 Å². The maximum Gasteiger partial charge on any atom is 0.271 e. The number of carbonyl (C=O) groups is 1. The Bertz CT molecular complexity index is 1100. The van der Waals surface area contributed by atoms with Crippen LogP contribution in [0.4, 0.5) is 0 Å². The van der Waals surface area contributed by atoms with Gasteiger partial charge in [0, 0.05) is 11.1 Å². The van der Waals surface area contributed by atoms with Gasteiger partial charge in [0.25, 0.3) is 5.56 Å². The summed E-state index contributed by atoms with van der Waals surface area (Å²) in [5, 5.41) is 0.428. The monoisotopic (exact) mass is 419 g/mol. The second-order valence-corrected chi connectivity index (χ2v) is 9.82. The van der Waals surface area contributed by atoms with Gasteiger partial charge in [0.2, 0.25) is 0 Å². The summed E-state index contributed by atoms with van der Waals surface area (Å²) in [5.74, 6) is 0.362. The zero-order valence-electron chi connectivity index (χ0n) is 15.7. The van der Waals surface area contributed by atoms with Crippen molar-refractivity contribution in [1.29, 1.82) is 0 Å². The van der Waals surface area contributed by atoms with E-state index in [4.69, 9.17) is 12.2 Å². The fourth-order valence-electron chi connectivity index (χ4n) is 2.42. The first-order valence-electron chi connectivity index (χ1n) is 8.62. The van der Waals surface area contributed by atoms with E-state index < -0.39 is 5.41 Å². The minimum atomic E-state index is -0.422. The second kappa shape index (κ2) is 7.69. The van der Waals surface area contributed by atoms with Crippen LogP contribution in [0.1, 0.15) is 33.3 Å². The van der Waals surface area contributed by atoms with Crippen LogP contribution in [-0.2, 0) is 11.2 Å². The van der Waals surface area contributed by atoms with Gasteiger partial charge in [0.15, 0.2) is 14.8 Å². The molecule has 0 amide bonds. The summed E-state index contributed by atoms with van der Waals surface area (Å²) >= 11 is 7.97. The lowest BCUT2D eigenvalue weighted by molar-refractivity contribution is -0.123. The maximum absolute atomic E-state index is 12.5. The topological polar surface area (TPSA) is 67.8 Å². The molecule has 8 heteroatoms. The molecule has 0 fully saturated rings. The lowest BCUT2D eigenvalue weighted by Gasteiger charge is -2.15. The summed E-state index contributed by atoms with van der Waals surface area (Å²) < 4.78 is 2.88. The van der Waals surface area contributed by atoms with Gasteiger partial charge < -0.3 is 4.98 Å². The van der Waals surface area contributed by atoms with Crippen LogP contribution in [0, 0.1) is 9.37 Å². The molecule has 27 heavy (non-hydrogen) atoms. The number of aromatic amines is 1. The Hall–Kier alpha value is -1.77. The van der Waals surface area contributed by atoms with Gasteiger partial charge in [-0.25, -0.2) is 4.98 Å². The van der Waals surface area contributed by atoms with E-state index >= 15 is 0 Å². The predicted molar refractivity (Wildman–Crippen MR) is 115 cm³/mol. The molecular formula is C19H21N3O2S3. The SMILES string of the molecule is CCc1ccc(-n2c(=S)sc3c(=O)[nH]c(SCC(=O)C(C)(C)C)nc32)cc1. The van der Waals surface area contributed by atoms with Crippen molar-refractivity contribution in [3.05, 3.63) is 44.1 Å². The third-order valence-corrected chi connectivity index (χ3v) is 6.44. The molecule has 0 radical (unpaired) electrons. The average molecular weight is 420 g/mol. The molecule has 1 N–H and O–H groups in total. The number of nitrogens with one attached hydrogen (secondary N) is 1. The van der Waals surface area contributed by atoms with Gasteiger partial charge in [-0.2, -0.15) is 0 Å². The highest BCUT2D eigenvalue weighted by molar-refractivity contribution is 7.99. The fraction of sp³-hybridized carbons (Fsp3) is 0.368. The molecule has 5 nitrogen and oxygen atoms in total. The van der Waals surface area contributed by atoms with Gasteiger partial charge in [-0.1, -0.05) is 62.9 Å². The molecule has 142 valence electrons. The molecule has 0 aliphatic rings. The van der Waals surface area contributed by atoms with Crippen molar-refractivity contribution in [2.24, 2.45) is 5.41 Å². The molecule has 0 aliphatic carbocycles. The number of Topliss-reactive ketones (excluding diaryl/α,β-unsaturated/α-hetero) is 1. The largest absolute Gasteiger partial charge is 0.300 e. The lowest BCUT2D eigenvalue weighted by atomic mass is 9.92. The van der Waals surface area contributed by atoms with Crippen molar-refractivity contribution in [2.75, 3.05) is 5.75 Å². The number of ketones is 1. The Balaban J connectivity index is 2.04. The molecule has 0 aliphatic heterocycles. The number of aromatic nitrogens is 3. The minimum Gasteiger partial charge on any atom is -0.300 e. The van der Waals surface area contributed by atoms with Crippen molar-refractivity contribution in [3.63, 3.8) is 0 Å².